The third-order valence-corrected chi connectivity index (χ3v) is 6.83. The van der Waals surface area contributed by atoms with E-state index in [9.17, 15) is 9.18 Å². The summed E-state index contributed by atoms with van der Waals surface area (Å²) >= 11 is 1.09. The molecule has 4 N–H and O–H groups in total. The fraction of sp³-hybridized carbons (Fsp3) is 0.120. The maximum absolute atomic E-state index is 13.6. The highest BCUT2D eigenvalue weighted by atomic mass is 32.1. The van der Waals surface area contributed by atoms with Gasteiger partial charge in [0.15, 0.2) is 5.13 Å². The number of rotatable bonds is 5. The molecule has 1 amide bonds. The molecule has 174 valence electrons. The van der Waals surface area contributed by atoms with Crippen molar-refractivity contribution in [2.45, 2.75) is 19.5 Å². The lowest BCUT2D eigenvalue weighted by Crippen LogP contribution is -2.13. The summed E-state index contributed by atoms with van der Waals surface area (Å²) in [4.78, 5) is 21.2. The van der Waals surface area contributed by atoms with Gasteiger partial charge >= 0.3 is 0 Å². The molecule has 0 bridgehead atoms. The number of nitrogens with zero attached hydrogens (tertiary/aromatic N) is 3. The average Bonchev–Trinajstić information content (AvgIpc) is 3.61. The van der Waals surface area contributed by atoms with Crippen LogP contribution in [0.25, 0.3) is 32.5 Å². The van der Waals surface area contributed by atoms with Crippen LogP contribution < -0.4 is 16.0 Å². The van der Waals surface area contributed by atoms with E-state index < -0.39 is 0 Å². The van der Waals surface area contributed by atoms with Gasteiger partial charge in [-0.3, -0.25) is 19.9 Å². The second-order valence-corrected chi connectivity index (χ2v) is 9.20. The number of carbonyl (C=O) groups is 1. The lowest BCUT2D eigenvalue weighted by molar-refractivity contribution is -0.115. The van der Waals surface area contributed by atoms with Crippen molar-refractivity contribution < 1.29 is 9.18 Å². The Morgan fingerprint density at radius 3 is 2.77 bits per heavy atom. The van der Waals surface area contributed by atoms with E-state index in [2.05, 4.69) is 42.2 Å². The number of amides is 1. The maximum Gasteiger partial charge on any atom is 0.224 e. The number of hydrogen-bond donors (Lipinski definition) is 4. The highest BCUT2D eigenvalue weighted by Gasteiger charge is 2.27. The molecular formula is C25H20FN7OS. The van der Waals surface area contributed by atoms with E-state index >= 15 is 0 Å². The molecule has 0 saturated heterocycles. The van der Waals surface area contributed by atoms with Crippen LogP contribution in [0.1, 0.15) is 25.2 Å². The van der Waals surface area contributed by atoms with Crippen molar-refractivity contribution in [3.05, 3.63) is 72.0 Å². The largest absolute Gasteiger partial charge is 0.358 e. The Kier molecular flexibility index (Phi) is 5.14. The normalized spacial score (nSPS) is 14.4. The van der Waals surface area contributed by atoms with Crippen LogP contribution in [0, 0.1) is 5.13 Å². The number of H-pyrrole nitrogens is 1. The maximum atomic E-state index is 13.6. The van der Waals surface area contributed by atoms with Gasteiger partial charge < -0.3 is 16.0 Å². The van der Waals surface area contributed by atoms with Crippen LogP contribution in [0.15, 0.2) is 61.2 Å². The van der Waals surface area contributed by atoms with Gasteiger partial charge in [-0.1, -0.05) is 13.0 Å². The van der Waals surface area contributed by atoms with Gasteiger partial charge in [-0.2, -0.15) is 9.49 Å². The highest BCUT2D eigenvalue weighted by Crippen LogP contribution is 2.44. The van der Waals surface area contributed by atoms with Gasteiger partial charge in [0, 0.05) is 40.2 Å². The molecule has 0 fully saturated rings. The summed E-state index contributed by atoms with van der Waals surface area (Å²) < 4.78 is 13.6. The van der Waals surface area contributed by atoms with Gasteiger partial charge in [0.2, 0.25) is 5.91 Å². The number of hydrogen-bond acceptors (Lipinski definition) is 7. The minimum absolute atomic E-state index is 0.0615. The zero-order valence-corrected chi connectivity index (χ0v) is 19.4. The number of thiophene rings is 1. The van der Waals surface area contributed by atoms with E-state index in [1.165, 1.54) is 6.07 Å². The van der Waals surface area contributed by atoms with Crippen molar-refractivity contribution in [2.24, 2.45) is 0 Å². The average molecular weight is 486 g/mol. The molecule has 10 heteroatoms. The number of anilines is 3. The molecule has 0 radical (unpaired) electrons. The van der Waals surface area contributed by atoms with Crippen LogP contribution in [0.3, 0.4) is 0 Å². The summed E-state index contributed by atoms with van der Waals surface area (Å²) in [5.74, 6) is -0.0615. The first-order chi connectivity index (χ1) is 17.1. The first-order valence-corrected chi connectivity index (χ1v) is 11.9. The molecule has 0 spiro atoms. The first kappa shape index (κ1) is 21.2. The Labute approximate surface area is 203 Å². The third-order valence-electron chi connectivity index (χ3n) is 5.92. The Morgan fingerprint density at radius 1 is 1.06 bits per heavy atom. The van der Waals surface area contributed by atoms with Crippen LogP contribution in [-0.4, -0.2) is 26.1 Å². The van der Waals surface area contributed by atoms with Crippen molar-refractivity contribution in [2.75, 3.05) is 16.0 Å². The standard InChI is InChI=1S/C25H20FN7OS/c1-2-22(34)29-15-7-14(9-27-10-15)13-3-4-18-16(8-13)24(33-32-18)25-30-19-12-28-11-17(23(19)31-25)20-5-6-21(26)35-20/h3-12,25,30-31H,2H2,1H3,(H,29,34)(H,32,33). The minimum atomic E-state index is -0.272. The van der Waals surface area contributed by atoms with Crippen LogP contribution >= 0.6 is 11.3 Å². The Morgan fingerprint density at radius 2 is 1.94 bits per heavy atom. The number of halogens is 1. The molecule has 35 heavy (non-hydrogen) atoms. The molecule has 1 aliphatic rings. The second kappa shape index (κ2) is 8.48. The molecule has 6 rings (SSSR count). The van der Waals surface area contributed by atoms with Crippen molar-refractivity contribution in [3.63, 3.8) is 0 Å². The monoisotopic (exact) mass is 485 g/mol. The predicted molar refractivity (Wildman–Crippen MR) is 136 cm³/mol. The van der Waals surface area contributed by atoms with E-state index in [4.69, 9.17) is 0 Å². The fourth-order valence-electron chi connectivity index (χ4n) is 4.20. The number of fused-ring (bicyclic) bond motifs is 2. The van der Waals surface area contributed by atoms with Gasteiger partial charge in [-0.15, -0.1) is 11.3 Å². The molecule has 5 aromatic rings. The molecule has 5 heterocycles. The molecule has 1 atom stereocenters. The molecule has 8 nitrogen and oxygen atoms in total. The van der Waals surface area contributed by atoms with E-state index in [-0.39, 0.29) is 17.2 Å². The van der Waals surface area contributed by atoms with Crippen molar-refractivity contribution in [3.8, 4) is 21.6 Å². The van der Waals surface area contributed by atoms with Crippen molar-refractivity contribution in [1.29, 1.82) is 0 Å². The topological polar surface area (TPSA) is 108 Å². The van der Waals surface area contributed by atoms with Crippen LogP contribution in [0.2, 0.25) is 0 Å². The summed E-state index contributed by atoms with van der Waals surface area (Å²) in [5, 5.41) is 18.1. The zero-order valence-electron chi connectivity index (χ0n) is 18.6. The predicted octanol–water partition coefficient (Wildman–Crippen LogP) is 5.77. The lowest BCUT2D eigenvalue weighted by atomic mass is 10.0. The number of benzene rings is 1. The van der Waals surface area contributed by atoms with Gasteiger partial charge in [0.1, 0.15) is 6.17 Å². The van der Waals surface area contributed by atoms with E-state index in [1.807, 2.05) is 25.1 Å². The molecule has 1 aromatic carbocycles. The van der Waals surface area contributed by atoms with Gasteiger partial charge in [-0.25, -0.2) is 0 Å². The smallest absolute Gasteiger partial charge is 0.224 e. The number of aromatic amines is 1. The SMILES string of the molecule is CCC(=O)Nc1cncc(-c2ccc3n[nH]c(C4Nc5cncc(-c6ccc(F)s6)c5N4)c3c2)c1. The Balaban J connectivity index is 1.34. The summed E-state index contributed by atoms with van der Waals surface area (Å²) in [7, 11) is 0. The van der Waals surface area contributed by atoms with Crippen molar-refractivity contribution >= 4 is 45.2 Å². The Bertz CT molecular complexity index is 1580. The fourth-order valence-corrected chi connectivity index (χ4v) is 4.94. The van der Waals surface area contributed by atoms with Gasteiger partial charge in [0.05, 0.1) is 40.7 Å². The van der Waals surface area contributed by atoms with Gasteiger partial charge in [0.25, 0.3) is 0 Å². The van der Waals surface area contributed by atoms with E-state index in [0.717, 1.165) is 60.9 Å². The number of aromatic nitrogens is 4. The zero-order chi connectivity index (χ0) is 23.9. The molecule has 0 aliphatic carbocycles. The summed E-state index contributed by atoms with van der Waals surface area (Å²) in [5.41, 5.74) is 6.73. The van der Waals surface area contributed by atoms with Crippen LogP contribution in [-0.2, 0) is 4.79 Å². The quantitative estimate of drug-likeness (QED) is 0.252. The molecular weight excluding hydrogens is 465 g/mol. The van der Waals surface area contributed by atoms with Crippen LogP contribution in [0.5, 0.6) is 0 Å². The Hall–Kier alpha value is -4.31. The molecule has 1 unspecified atom stereocenters. The summed E-state index contributed by atoms with van der Waals surface area (Å²) in [6.07, 6.45) is 7.02. The number of pyridine rings is 2. The highest BCUT2D eigenvalue weighted by molar-refractivity contribution is 7.14. The van der Waals surface area contributed by atoms with Crippen LogP contribution in [0.4, 0.5) is 21.5 Å². The lowest BCUT2D eigenvalue weighted by Gasteiger charge is -2.12. The minimum Gasteiger partial charge on any atom is -0.358 e. The first-order valence-electron chi connectivity index (χ1n) is 11.1. The third kappa shape index (κ3) is 3.87. The van der Waals surface area contributed by atoms with Crippen molar-refractivity contribution in [1.82, 2.24) is 20.2 Å². The van der Waals surface area contributed by atoms with Gasteiger partial charge in [-0.05, 0) is 35.9 Å². The molecule has 1 aliphatic heterocycles. The van der Waals surface area contributed by atoms with E-state index in [1.54, 1.807) is 30.9 Å². The summed E-state index contributed by atoms with van der Waals surface area (Å²) in [6.45, 7) is 1.81. The number of carbonyl (C=O) groups excluding carboxylic acids is 1. The summed E-state index contributed by atoms with van der Waals surface area (Å²) in [6, 6.07) is 11.1. The second-order valence-electron chi connectivity index (χ2n) is 8.17. The number of nitrogens with one attached hydrogen (secondary N) is 4. The molecule has 0 saturated carbocycles. The van der Waals surface area contributed by atoms with E-state index in [0.29, 0.717) is 12.1 Å². The molecule has 4 aromatic heterocycles.